The van der Waals surface area contributed by atoms with E-state index in [1.807, 2.05) is 30.3 Å². The van der Waals surface area contributed by atoms with Gasteiger partial charge in [-0.25, -0.2) is 9.55 Å². The van der Waals surface area contributed by atoms with Crippen LogP contribution in [0.2, 0.25) is 0 Å². The molecule has 0 amide bonds. The third kappa shape index (κ3) is 5.11. The van der Waals surface area contributed by atoms with Gasteiger partial charge in [0, 0.05) is 12.6 Å². The van der Waals surface area contributed by atoms with Crippen LogP contribution in [-0.2, 0) is 6.54 Å². The summed E-state index contributed by atoms with van der Waals surface area (Å²) < 4.78 is 1.48. The third-order valence-electron chi connectivity index (χ3n) is 2.99. The lowest BCUT2D eigenvalue weighted by Crippen LogP contribution is -2.25. The SMILES string of the molecule is C/C(Cn1c([N+](=O)[O-])cnc1C)=N\NC(=S)Nc1ccccc1.O. The molecule has 0 aliphatic carbocycles. The van der Waals surface area contributed by atoms with Gasteiger partial charge in [-0.1, -0.05) is 18.2 Å². The van der Waals surface area contributed by atoms with Crippen LogP contribution in [0.15, 0.2) is 41.6 Å². The molecule has 0 saturated heterocycles. The van der Waals surface area contributed by atoms with E-state index in [9.17, 15) is 10.1 Å². The molecule has 0 aliphatic heterocycles. The van der Waals surface area contributed by atoms with Gasteiger partial charge in [0.1, 0.15) is 12.7 Å². The number of nitrogens with one attached hydrogen (secondary N) is 2. The van der Waals surface area contributed by atoms with Crippen molar-refractivity contribution in [1.29, 1.82) is 0 Å². The summed E-state index contributed by atoms with van der Waals surface area (Å²) in [5.74, 6) is 0.485. The van der Waals surface area contributed by atoms with Crippen LogP contribution in [0.3, 0.4) is 0 Å². The Bertz CT molecular complexity index is 744. The maximum Gasteiger partial charge on any atom is 0.343 e. The first-order valence-corrected chi connectivity index (χ1v) is 7.20. The fourth-order valence-electron chi connectivity index (χ4n) is 1.89. The molecule has 0 spiro atoms. The lowest BCUT2D eigenvalue weighted by Gasteiger charge is -2.08. The van der Waals surface area contributed by atoms with Crippen molar-refractivity contribution in [2.24, 2.45) is 5.10 Å². The van der Waals surface area contributed by atoms with Crippen molar-refractivity contribution >= 4 is 34.5 Å². The predicted molar refractivity (Wildman–Crippen MR) is 96.1 cm³/mol. The molecule has 0 bridgehead atoms. The van der Waals surface area contributed by atoms with Crippen molar-refractivity contribution in [3.05, 3.63) is 52.5 Å². The van der Waals surface area contributed by atoms with E-state index in [0.717, 1.165) is 5.69 Å². The van der Waals surface area contributed by atoms with Crippen molar-refractivity contribution in [1.82, 2.24) is 15.0 Å². The van der Waals surface area contributed by atoms with Crippen LogP contribution >= 0.6 is 12.2 Å². The summed E-state index contributed by atoms with van der Waals surface area (Å²) in [6.07, 6.45) is 1.23. The standard InChI is InChI=1S/C14H16N6O2S.H2O/c1-10(9-19-11(2)15-8-13(19)20(21)22)17-18-14(23)16-12-6-4-3-5-7-12;/h3-8H,9H2,1-2H3,(H2,16,18,23);1H2/b17-10+;. The Morgan fingerprint density at radius 3 is 2.71 bits per heavy atom. The molecule has 4 N–H and O–H groups in total. The topological polar surface area (TPSA) is 129 Å². The molecule has 0 unspecified atom stereocenters. The number of aryl methyl sites for hydroxylation is 1. The molecular weight excluding hydrogens is 332 g/mol. The summed E-state index contributed by atoms with van der Waals surface area (Å²) in [5, 5.41) is 18.4. The van der Waals surface area contributed by atoms with Crippen molar-refractivity contribution in [3.63, 3.8) is 0 Å². The monoisotopic (exact) mass is 350 g/mol. The second-order valence-electron chi connectivity index (χ2n) is 4.79. The summed E-state index contributed by atoms with van der Waals surface area (Å²) in [4.78, 5) is 14.4. The second kappa shape index (κ2) is 8.70. The molecule has 24 heavy (non-hydrogen) atoms. The van der Waals surface area contributed by atoms with E-state index in [0.29, 0.717) is 16.6 Å². The highest BCUT2D eigenvalue weighted by Gasteiger charge is 2.17. The van der Waals surface area contributed by atoms with Crippen LogP contribution < -0.4 is 10.7 Å². The van der Waals surface area contributed by atoms with Crippen LogP contribution in [0.4, 0.5) is 11.5 Å². The maximum atomic E-state index is 10.9. The molecule has 1 aromatic heterocycles. The summed E-state index contributed by atoms with van der Waals surface area (Å²) in [6.45, 7) is 3.71. The predicted octanol–water partition coefficient (Wildman–Crippen LogP) is 1.64. The number of hydrogen-bond acceptors (Lipinski definition) is 5. The average molecular weight is 350 g/mol. The van der Waals surface area contributed by atoms with Gasteiger partial charge in [-0.05, 0) is 36.2 Å². The van der Waals surface area contributed by atoms with Crippen LogP contribution in [0.5, 0.6) is 0 Å². The molecule has 128 valence electrons. The molecule has 0 saturated carbocycles. The Morgan fingerprint density at radius 1 is 1.42 bits per heavy atom. The molecule has 2 rings (SSSR count). The van der Waals surface area contributed by atoms with Crippen molar-refractivity contribution in [2.45, 2.75) is 20.4 Å². The van der Waals surface area contributed by atoms with Gasteiger partial charge < -0.3 is 20.9 Å². The van der Waals surface area contributed by atoms with Crippen LogP contribution in [0, 0.1) is 17.0 Å². The normalized spacial score (nSPS) is 10.7. The van der Waals surface area contributed by atoms with E-state index in [1.165, 1.54) is 10.8 Å². The maximum absolute atomic E-state index is 10.9. The summed E-state index contributed by atoms with van der Waals surface area (Å²) in [5.41, 5.74) is 4.19. The first kappa shape index (κ1) is 19.2. The second-order valence-corrected chi connectivity index (χ2v) is 5.19. The van der Waals surface area contributed by atoms with E-state index >= 15 is 0 Å². The fraction of sp³-hybridized carbons (Fsp3) is 0.214. The van der Waals surface area contributed by atoms with Gasteiger partial charge in [0.2, 0.25) is 0 Å². The van der Waals surface area contributed by atoms with E-state index in [1.54, 1.807) is 13.8 Å². The average Bonchev–Trinajstić information content (AvgIpc) is 2.87. The van der Waals surface area contributed by atoms with E-state index in [4.69, 9.17) is 12.2 Å². The minimum atomic E-state index is -0.470. The largest absolute Gasteiger partial charge is 0.412 e. The summed E-state index contributed by atoms with van der Waals surface area (Å²) in [6, 6.07) is 9.44. The molecular formula is C14H18N6O3S. The molecule has 0 radical (unpaired) electrons. The van der Waals surface area contributed by atoms with E-state index < -0.39 is 4.92 Å². The third-order valence-corrected chi connectivity index (χ3v) is 3.18. The van der Waals surface area contributed by atoms with Crippen molar-refractivity contribution in [2.75, 3.05) is 5.32 Å². The number of aromatic nitrogens is 2. The van der Waals surface area contributed by atoms with Crippen LogP contribution in [0.25, 0.3) is 0 Å². The van der Waals surface area contributed by atoms with Crippen LogP contribution in [0.1, 0.15) is 12.7 Å². The zero-order valence-electron chi connectivity index (χ0n) is 13.2. The smallest absolute Gasteiger partial charge is 0.343 e. The number of nitrogens with zero attached hydrogens (tertiary/aromatic N) is 4. The molecule has 0 aliphatic rings. The Morgan fingerprint density at radius 2 is 2.08 bits per heavy atom. The number of imidazole rings is 1. The molecule has 0 fully saturated rings. The lowest BCUT2D eigenvalue weighted by atomic mass is 10.3. The lowest BCUT2D eigenvalue weighted by molar-refractivity contribution is -0.392. The molecule has 0 atom stereocenters. The van der Waals surface area contributed by atoms with E-state index in [-0.39, 0.29) is 17.8 Å². The highest BCUT2D eigenvalue weighted by Crippen LogP contribution is 2.13. The summed E-state index contributed by atoms with van der Waals surface area (Å²) >= 11 is 5.14. The fourth-order valence-corrected chi connectivity index (χ4v) is 2.05. The number of thiocarbonyl (C=S) groups is 1. The van der Waals surface area contributed by atoms with Crippen molar-refractivity contribution < 1.29 is 10.4 Å². The number of para-hydroxylation sites is 1. The van der Waals surface area contributed by atoms with Gasteiger partial charge in [0.25, 0.3) is 0 Å². The quantitative estimate of drug-likeness (QED) is 0.365. The minimum absolute atomic E-state index is 0. The van der Waals surface area contributed by atoms with Gasteiger partial charge in [-0.15, -0.1) is 0 Å². The Labute approximate surface area is 143 Å². The number of nitro groups is 1. The highest BCUT2D eigenvalue weighted by molar-refractivity contribution is 7.80. The minimum Gasteiger partial charge on any atom is -0.412 e. The Hall–Kier alpha value is -2.85. The number of hydrogen-bond donors (Lipinski definition) is 2. The first-order chi connectivity index (χ1) is 11.0. The van der Waals surface area contributed by atoms with Gasteiger partial charge in [-0.3, -0.25) is 5.43 Å². The molecule has 1 heterocycles. The number of benzene rings is 1. The van der Waals surface area contributed by atoms with Crippen molar-refractivity contribution in [3.8, 4) is 0 Å². The molecule has 9 nitrogen and oxygen atoms in total. The number of rotatable bonds is 5. The Kier molecular flexibility index (Phi) is 6.96. The van der Waals surface area contributed by atoms with Gasteiger partial charge in [0.05, 0.1) is 5.71 Å². The molecule has 1 aromatic carbocycles. The Balaban J connectivity index is 0.00000288. The van der Waals surface area contributed by atoms with Gasteiger partial charge >= 0.3 is 5.82 Å². The number of hydrazone groups is 1. The first-order valence-electron chi connectivity index (χ1n) is 6.79. The van der Waals surface area contributed by atoms with Crippen LogP contribution in [-0.4, -0.2) is 30.8 Å². The van der Waals surface area contributed by atoms with Gasteiger partial charge in [-0.2, -0.15) is 5.10 Å². The zero-order chi connectivity index (χ0) is 16.8. The zero-order valence-corrected chi connectivity index (χ0v) is 14.0. The van der Waals surface area contributed by atoms with Gasteiger partial charge in [0.15, 0.2) is 10.9 Å². The number of anilines is 1. The molecule has 2 aromatic rings. The highest BCUT2D eigenvalue weighted by atomic mass is 32.1. The van der Waals surface area contributed by atoms with E-state index in [2.05, 4.69) is 20.8 Å². The molecule has 10 heteroatoms. The summed E-state index contributed by atoms with van der Waals surface area (Å²) in [7, 11) is 0.